The number of esters is 1. The Morgan fingerprint density at radius 2 is 1.42 bits per heavy atom. The zero-order valence-electron chi connectivity index (χ0n) is 33.1. The summed E-state index contributed by atoms with van der Waals surface area (Å²) < 4.78 is 11.0. The molecule has 0 bridgehead atoms. The molecular formula is C38H53N7O12. The summed E-state index contributed by atoms with van der Waals surface area (Å²) in [5.74, 6) is -5.87. The van der Waals surface area contributed by atoms with Crippen molar-refractivity contribution in [3.63, 3.8) is 0 Å². The summed E-state index contributed by atoms with van der Waals surface area (Å²) in [5, 5.41) is 45.2. The minimum Gasteiger partial charge on any atom is -0.481 e. The topological polar surface area (TPSA) is 269 Å². The summed E-state index contributed by atoms with van der Waals surface area (Å²) >= 11 is 0. The van der Waals surface area contributed by atoms with E-state index in [0.717, 1.165) is 5.69 Å². The van der Waals surface area contributed by atoms with Gasteiger partial charge in [-0.1, -0.05) is 13.8 Å². The molecule has 0 spiro atoms. The highest BCUT2D eigenvalue weighted by Gasteiger charge is 2.32. The Labute approximate surface area is 330 Å². The molecule has 0 unspecified atom stereocenters. The number of benzene rings is 2. The molecule has 2 aromatic carbocycles. The van der Waals surface area contributed by atoms with Gasteiger partial charge in [0.2, 0.25) is 17.7 Å². The molecule has 3 amide bonds. The van der Waals surface area contributed by atoms with Crippen molar-refractivity contribution in [1.29, 1.82) is 0 Å². The third kappa shape index (κ3) is 18.0. The molecule has 2 aromatic rings. The maximum atomic E-state index is 13.3. The number of hydrogen-bond donors (Lipinski definition) is 5. The summed E-state index contributed by atoms with van der Waals surface area (Å²) in [6.45, 7) is 11.0. The van der Waals surface area contributed by atoms with Crippen LogP contribution in [0.15, 0.2) is 58.8 Å². The minimum atomic E-state index is -1.37. The fourth-order valence-electron chi connectivity index (χ4n) is 5.05. The number of nitrogens with zero attached hydrogens (tertiary/aromatic N) is 4. The van der Waals surface area contributed by atoms with Crippen molar-refractivity contribution >= 4 is 58.4 Å². The van der Waals surface area contributed by atoms with Crippen LogP contribution in [0.4, 0.5) is 22.7 Å². The number of ether oxygens (including phenoxy) is 2. The van der Waals surface area contributed by atoms with Crippen LogP contribution in [-0.4, -0.2) is 101 Å². The molecule has 0 heterocycles. The number of likely N-dealkylation sites (N-methyl/N-ethyl adjacent to an activating group) is 1. The number of carboxylic acid groups (broad SMARTS) is 2. The van der Waals surface area contributed by atoms with E-state index in [1.165, 1.54) is 24.3 Å². The Kier molecular flexibility index (Phi) is 19.2. The average Bonchev–Trinajstić information content (AvgIpc) is 3.14. The zero-order chi connectivity index (χ0) is 42.7. The van der Waals surface area contributed by atoms with Crippen LogP contribution in [0.2, 0.25) is 0 Å². The van der Waals surface area contributed by atoms with Crippen molar-refractivity contribution in [3.05, 3.63) is 58.6 Å². The third-order valence-corrected chi connectivity index (χ3v) is 8.19. The maximum absolute atomic E-state index is 13.3. The van der Waals surface area contributed by atoms with Crippen LogP contribution >= 0.6 is 0 Å². The first-order valence-corrected chi connectivity index (χ1v) is 18.4. The van der Waals surface area contributed by atoms with Crippen LogP contribution in [-0.2, 0) is 38.2 Å². The number of carbonyl (C=O) groups is 6. The van der Waals surface area contributed by atoms with Crippen LogP contribution in [0.5, 0.6) is 0 Å². The van der Waals surface area contributed by atoms with E-state index in [1.54, 1.807) is 46.8 Å². The van der Waals surface area contributed by atoms with Crippen LogP contribution in [0.25, 0.3) is 0 Å². The number of nitrogens with one attached hydrogen (secondary N) is 3. The van der Waals surface area contributed by atoms with Gasteiger partial charge in [0, 0.05) is 43.6 Å². The van der Waals surface area contributed by atoms with Crippen molar-refractivity contribution < 1.29 is 53.4 Å². The second kappa shape index (κ2) is 23.2. The van der Waals surface area contributed by atoms with E-state index in [2.05, 4.69) is 26.2 Å². The highest BCUT2D eigenvalue weighted by atomic mass is 16.6. The molecule has 312 valence electrons. The fraction of sp³-hybridized carbons (Fsp3) is 0.526. The minimum absolute atomic E-state index is 0.0457. The molecule has 5 N–H and O–H groups in total. The smallest absolute Gasteiger partial charge is 0.326 e. The average molecular weight is 800 g/mol. The number of nitro groups is 1. The van der Waals surface area contributed by atoms with Crippen molar-refractivity contribution in [2.24, 2.45) is 16.1 Å². The van der Waals surface area contributed by atoms with Gasteiger partial charge in [0.05, 0.1) is 35.1 Å². The van der Waals surface area contributed by atoms with Gasteiger partial charge in [-0.25, -0.2) is 4.79 Å². The fourth-order valence-corrected chi connectivity index (χ4v) is 5.05. The first-order chi connectivity index (χ1) is 26.8. The number of carbonyl (C=O) groups excluding carboxylic acids is 4. The van der Waals surface area contributed by atoms with E-state index in [4.69, 9.17) is 9.47 Å². The van der Waals surface area contributed by atoms with Crippen LogP contribution in [0.3, 0.4) is 0 Å². The molecule has 0 fully saturated rings. The molecule has 0 aliphatic heterocycles. The number of rotatable bonds is 24. The van der Waals surface area contributed by atoms with Gasteiger partial charge in [-0.05, 0) is 82.9 Å². The number of hydrogen-bond acceptors (Lipinski definition) is 13. The molecule has 0 saturated carbocycles. The molecule has 0 aromatic heterocycles. The second-order valence-electron chi connectivity index (χ2n) is 14.2. The van der Waals surface area contributed by atoms with Gasteiger partial charge in [-0.2, -0.15) is 10.2 Å². The summed E-state index contributed by atoms with van der Waals surface area (Å²) in [6.07, 6.45) is -1.01. The lowest BCUT2D eigenvalue weighted by atomic mass is 10.0. The molecule has 19 heteroatoms. The van der Waals surface area contributed by atoms with E-state index >= 15 is 0 Å². The zero-order valence-corrected chi connectivity index (χ0v) is 33.1. The van der Waals surface area contributed by atoms with E-state index < -0.39 is 76.6 Å². The van der Waals surface area contributed by atoms with E-state index in [9.17, 15) is 49.1 Å². The number of nitro benzene ring substituents is 1. The van der Waals surface area contributed by atoms with Gasteiger partial charge in [-0.15, -0.1) is 0 Å². The van der Waals surface area contributed by atoms with E-state index in [-0.39, 0.29) is 44.6 Å². The number of aliphatic carboxylic acids is 2. The normalized spacial score (nSPS) is 13.0. The maximum Gasteiger partial charge on any atom is 0.326 e. The van der Waals surface area contributed by atoms with Crippen molar-refractivity contribution in [1.82, 2.24) is 16.0 Å². The van der Waals surface area contributed by atoms with Crippen molar-refractivity contribution in [3.8, 4) is 0 Å². The highest BCUT2D eigenvalue weighted by Crippen LogP contribution is 2.24. The highest BCUT2D eigenvalue weighted by molar-refractivity contribution is 5.93. The first kappa shape index (κ1) is 47.2. The van der Waals surface area contributed by atoms with E-state index in [1.807, 2.05) is 24.0 Å². The number of non-ortho nitro benzene ring substituents is 1. The third-order valence-electron chi connectivity index (χ3n) is 8.19. The van der Waals surface area contributed by atoms with Gasteiger partial charge in [0.25, 0.3) is 5.69 Å². The number of carboxylic acids is 2. The van der Waals surface area contributed by atoms with Gasteiger partial charge >= 0.3 is 17.9 Å². The quantitative estimate of drug-likeness (QED) is 0.0426. The molecule has 57 heavy (non-hydrogen) atoms. The van der Waals surface area contributed by atoms with E-state index in [0.29, 0.717) is 24.5 Å². The Morgan fingerprint density at radius 1 is 0.842 bits per heavy atom. The first-order valence-electron chi connectivity index (χ1n) is 18.4. The lowest BCUT2D eigenvalue weighted by molar-refractivity contribution is -0.384. The summed E-state index contributed by atoms with van der Waals surface area (Å²) in [6, 6.07) is 8.84. The monoisotopic (exact) mass is 799 g/mol. The lowest BCUT2D eigenvalue weighted by Gasteiger charge is -2.28. The lowest BCUT2D eigenvalue weighted by Crippen LogP contribution is -2.58. The van der Waals surface area contributed by atoms with Gasteiger partial charge in [0.1, 0.15) is 24.7 Å². The molecule has 0 aliphatic carbocycles. The Morgan fingerprint density at radius 3 is 1.93 bits per heavy atom. The van der Waals surface area contributed by atoms with Crippen LogP contribution in [0, 0.1) is 16.0 Å². The summed E-state index contributed by atoms with van der Waals surface area (Å²) in [7, 11) is 0. The van der Waals surface area contributed by atoms with Crippen molar-refractivity contribution in [2.75, 3.05) is 31.2 Å². The van der Waals surface area contributed by atoms with Gasteiger partial charge in [-0.3, -0.25) is 34.1 Å². The SMILES string of the molecule is CCN(CCOC(=O)CCCC(=O)N[C@@H](CCC(=O)O)C(=O)N[C@@H](COC(C)(C)C)C(=O)N[C@H](C(=O)O)C(C)C)c1ccc(N=Nc2ccc([N+](=O)[O-])cc2)cc1. The summed E-state index contributed by atoms with van der Waals surface area (Å²) in [4.78, 5) is 87.0. The Balaban J connectivity index is 1.91. The number of amides is 3. The molecule has 0 aliphatic rings. The van der Waals surface area contributed by atoms with Crippen LogP contribution < -0.4 is 20.9 Å². The predicted octanol–water partition coefficient (Wildman–Crippen LogP) is 4.42. The number of anilines is 1. The molecule has 3 atom stereocenters. The molecule has 19 nitrogen and oxygen atoms in total. The Bertz CT molecular complexity index is 1710. The molecule has 0 radical (unpaired) electrons. The largest absolute Gasteiger partial charge is 0.481 e. The molecule has 0 saturated heterocycles. The molecular weight excluding hydrogens is 746 g/mol. The molecule has 2 rings (SSSR count). The Hall–Kier alpha value is -5.98. The summed E-state index contributed by atoms with van der Waals surface area (Å²) in [5.41, 5.74) is 1.09. The van der Waals surface area contributed by atoms with Crippen LogP contribution in [0.1, 0.15) is 73.6 Å². The van der Waals surface area contributed by atoms with Gasteiger partial charge < -0.3 is 40.5 Å². The second-order valence-corrected chi connectivity index (χ2v) is 14.2. The standard InChI is InChI=1S/C38H53N7O12/c1-7-44(27-15-11-25(12-16-27)42-43-26-13-17-28(18-14-26)45(54)55)21-22-56-33(49)10-8-9-31(46)39-29(19-20-32(47)48)35(50)40-30(23-57-38(4,5)6)36(51)41-34(24(2)3)37(52)53/h11-18,24,29-30,34H,7-10,19-23H2,1-6H3,(H,39,46)(H,40,50)(H,41,51)(H,47,48)(H,52,53)/t29-,30-,34-/m0/s1. The van der Waals surface area contributed by atoms with Crippen molar-refractivity contribution in [2.45, 2.75) is 97.4 Å². The predicted molar refractivity (Wildman–Crippen MR) is 207 cm³/mol. The van der Waals surface area contributed by atoms with Gasteiger partial charge in [0.15, 0.2) is 0 Å². The number of azo groups is 1.